The standard InChI is InChI=1S/C17H22FN3O4/c1-3-21(9-16(23)24)13-6-12(7-13)20-17(25)14-8-11(19-10(2)22)4-5-15(14)18/h4-5,8,12-13H,3,6-7,9H2,1-2H3,(H,19,22)(H,20,25)(H,23,24). The number of halogens is 1. The van der Waals surface area contributed by atoms with E-state index in [0.717, 1.165) is 6.07 Å². The molecule has 3 N–H and O–H groups in total. The molecular weight excluding hydrogens is 329 g/mol. The van der Waals surface area contributed by atoms with Crippen LogP contribution in [-0.4, -0.2) is 53.0 Å². The molecule has 1 aromatic rings. The third kappa shape index (κ3) is 4.99. The molecule has 0 aliphatic heterocycles. The fourth-order valence-electron chi connectivity index (χ4n) is 2.92. The average molecular weight is 351 g/mol. The number of benzene rings is 1. The summed E-state index contributed by atoms with van der Waals surface area (Å²) < 4.78 is 13.9. The number of carbonyl (C=O) groups is 3. The molecule has 1 aliphatic rings. The van der Waals surface area contributed by atoms with Gasteiger partial charge in [-0.25, -0.2) is 4.39 Å². The normalized spacial score (nSPS) is 19.2. The number of carboxylic acid groups (broad SMARTS) is 1. The lowest BCUT2D eigenvalue weighted by molar-refractivity contribution is -0.139. The molecule has 25 heavy (non-hydrogen) atoms. The van der Waals surface area contributed by atoms with Crippen LogP contribution in [-0.2, 0) is 9.59 Å². The third-order valence-corrected chi connectivity index (χ3v) is 4.24. The quantitative estimate of drug-likeness (QED) is 0.691. The first-order valence-electron chi connectivity index (χ1n) is 8.14. The largest absolute Gasteiger partial charge is 0.480 e. The van der Waals surface area contributed by atoms with E-state index < -0.39 is 17.7 Å². The maximum absolute atomic E-state index is 13.9. The number of aliphatic carboxylic acids is 1. The van der Waals surface area contributed by atoms with E-state index in [4.69, 9.17) is 5.11 Å². The summed E-state index contributed by atoms with van der Waals surface area (Å²) >= 11 is 0. The molecule has 0 unspecified atom stereocenters. The predicted molar refractivity (Wildman–Crippen MR) is 89.9 cm³/mol. The van der Waals surface area contributed by atoms with Gasteiger partial charge in [-0.2, -0.15) is 0 Å². The van der Waals surface area contributed by atoms with Gasteiger partial charge in [0, 0.05) is 24.7 Å². The first kappa shape index (κ1) is 18.9. The van der Waals surface area contributed by atoms with Crippen molar-refractivity contribution in [3.63, 3.8) is 0 Å². The Kier molecular flexibility index (Phi) is 6.08. The van der Waals surface area contributed by atoms with Crippen LogP contribution in [0.25, 0.3) is 0 Å². The molecular formula is C17H22FN3O4. The van der Waals surface area contributed by atoms with E-state index in [9.17, 15) is 18.8 Å². The lowest BCUT2D eigenvalue weighted by Crippen LogP contribution is -2.54. The molecule has 0 heterocycles. The Morgan fingerprint density at radius 3 is 2.56 bits per heavy atom. The van der Waals surface area contributed by atoms with Crippen LogP contribution >= 0.6 is 0 Å². The van der Waals surface area contributed by atoms with Gasteiger partial charge in [-0.15, -0.1) is 0 Å². The summed E-state index contributed by atoms with van der Waals surface area (Å²) in [5.41, 5.74) is 0.219. The second kappa shape index (κ2) is 8.06. The van der Waals surface area contributed by atoms with Crippen molar-refractivity contribution in [3.05, 3.63) is 29.6 Å². The second-order valence-corrected chi connectivity index (χ2v) is 6.13. The zero-order chi connectivity index (χ0) is 18.6. The van der Waals surface area contributed by atoms with Crippen molar-refractivity contribution in [2.75, 3.05) is 18.4 Å². The Balaban J connectivity index is 1.93. The summed E-state index contributed by atoms with van der Waals surface area (Å²) in [6.45, 7) is 3.80. The predicted octanol–water partition coefficient (Wildman–Crippen LogP) is 1.45. The highest BCUT2D eigenvalue weighted by atomic mass is 19.1. The van der Waals surface area contributed by atoms with Gasteiger partial charge in [-0.05, 0) is 37.6 Å². The highest BCUT2D eigenvalue weighted by Crippen LogP contribution is 2.26. The minimum atomic E-state index is -0.883. The maximum atomic E-state index is 13.9. The van der Waals surface area contributed by atoms with E-state index in [0.29, 0.717) is 25.1 Å². The average Bonchev–Trinajstić information content (AvgIpc) is 2.49. The van der Waals surface area contributed by atoms with Crippen molar-refractivity contribution in [2.24, 2.45) is 0 Å². The molecule has 2 rings (SSSR count). The molecule has 0 radical (unpaired) electrons. The molecule has 1 aromatic carbocycles. The Labute approximate surface area is 145 Å². The number of amides is 2. The number of carboxylic acids is 1. The summed E-state index contributed by atoms with van der Waals surface area (Å²) in [5.74, 6) is -2.40. The highest BCUT2D eigenvalue weighted by molar-refractivity contribution is 5.97. The van der Waals surface area contributed by atoms with E-state index in [2.05, 4.69) is 10.6 Å². The van der Waals surface area contributed by atoms with Gasteiger partial charge in [0.15, 0.2) is 0 Å². The van der Waals surface area contributed by atoms with Gasteiger partial charge in [0.25, 0.3) is 5.91 Å². The smallest absolute Gasteiger partial charge is 0.317 e. The minimum Gasteiger partial charge on any atom is -0.480 e. The molecule has 1 saturated carbocycles. The van der Waals surface area contributed by atoms with E-state index in [1.165, 1.54) is 19.1 Å². The Bertz CT molecular complexity index is 674. The minimum absolute atomic E-state index is 0.0325. The van der Waals surface area contributed by atoms with E-state index in [1.54, 1.807) is 0 Å². The molecule has 7 nitrogen and oxygen atoms in total. The van der Waals surface area contributed by atoms with E-state index in [1.807, 2.05) is 11.8 Å². The number of hydrogen-bond donors (Lipinski definition) is 3. The monoisotopic (exact) mass is 351 g/mol. The van der Waals surface area contributed by atoms with Gasteiger partial charge in [0.1, 0.15) is 5.82 Å². The molecule has 0 spiro atoms. The van der Waals surface area contributed by atoms with E-state index in [-0.39, 0.29) is 30.1 Å². The first-order chi connectivity index (χ1) is 11.8. The lowest BCUT2D eigenvalue weighted by Gasteiger charge is -2.42. The molecule has 0 atom stereocenters. The van der Waals surface area contributed by atoms with Gasteiger partial charge < -0.3 is 15.7 Å². The SMILES string of the molecule is CCN(CC(=O)O)C1CC(NC(=O)c2cc(NC(C)=O)ccc2F)C1. The summed E-state index contributed by atoms with van der Waals surface area (Å²) in [6, 6.07) is 3.80. The zero-order valence-electron chi connectivity index (χ0n) is 14.2. The fourth-order valence-corrected chi connectivity index (χ4v) is 2.92. The number of likely N-dealkylation sites (N-methyl/N-ethyl adjacent to an activating group) is 1. The summed E-state index contributed by atoms with van der Waals surface area (Å²) in [7, 11) is 0. The number of carbonyl (C=O) groups excluding carboxylic acids is 2. The molecule has 8 heteroatoms. The molecule has 0 aromatic heterocycles. The topological polar surface area (TPSA) is 98.7 Å². The van der Waals surface area contributed by atoms with Crippen molar-refractivity contribution in [2.45, 2.75) is 38.8 Å². The van der Waals surface area contributed by atoms with Crippen molar-refractivity contribution in [1.82, 2.24) is 10.2 Å². The van der Waals surface area contributed by atoms with Gasteiger partial charge in [-0.1, -0.05) is 6.92 Å². The number of nitrogens with zero attached hydrogens (tertiary/aromatic N) is 1. The maximum Gasteiger partial charge on any atom is 0.317 e. The first-order valence-corrected chi connectivity index (χ1v) is 8.14. The zero-order valence-corrected chi connectivity index (χ0v) is 14.2. The van der Waals surface area contributed by atoms with Gasteiger partial charge in [0.05, 0.1) is 12.1 Å². The summed E-state index contributed by atoms with van der Waals surface area (Å²) in [6.07, 6.45) is 1.25. The number of nitrogens with one attached hydrogen (secondary N) is 2. The van der Waals surface area contributed by atoms with Crippen LogP contribution < -0.4 is 10.6 Å². The van der Waals surface area contributed by atoms with Gasteiger partial charge in [0.2, 0.25) is 5.91 Å². The van der Waals surface area contributed by atoms with Crippen LogP contribution in [0.1, 0.15) is 37.0 Å². The molecule has 136 valence electrons. The molecule has 0 saturated heterocycles. The van der Waals surface area contributed by atoms with E-state index >= 15 is 0 Å². The summed E-state index contributed by atoms with van der Waals surface area (Å²) in [4.78, 5) is 36.0. The van der Waals surface area contributed by atoms with Crippen molar-refractivity contribution >= 4 is 23.5 Å². The Morgan fingerprint density at radius 1 is 1.32 bits per heavy atom. The molecule has 1 aliphatic carbocycles. The van der Waals surface area contributed by atoms with Gasteiger partial charge >= 0.3 is 5.97 Å². The Morgan fingerprint density at radius 2 is 2.00 bits per heavy atom. The number of hydrogen-bond acceptors (Lipinski definition) is 4. The molecule has 0 bridgehead atoms. The van der Waals surface area contributed by atoms with Crippen molar-refractivity contribution in [3.8, 4) is 0 Å². The molecule has 1 fully saturated rings. The van der Waals surface area contributed by atoms with Crippen LogP contribution in [0.4, 0.5) is 10.1 Å². The molecule has 2 amide bonds. The third-order valence-electron chi connectivity index (χ3n) is 4.24. The van der Waals surface area contributed by atoms with Crippen molar-refractivity contribution in [1.29, 1.82) is 0 Å². The second-order valence-electron chi connectivity index (χ2n) is 6.13. The lowest BCUT2D eigenvalue weighted by atomic mass is 9.85. The highest BCUT2D eigenvalue weighted by Gasteiger charge is 2.35. The Hall–Kier alpha value is -2.48. The van der Waals surface area contributed by atoms with Crippen LogP contribution in [0.2, 0.25) is 0 Å². The number of rotatable bonds is 7. The van der Waals surface area contributed by atoms with Crippen LogP contribution in [0.15, 0.2) is 18.2 Å². The van der Waals surface area contributed by atoms with Crippen molar-refractivity contribution < 1.29 is 23.9 Å². The summed E-state index contributed by atoms with van der Waals surface area (Å²) in [5, 5.41) is 14.1. The van der Waals surface area contributed by atoms with Gasteiger partial charge in [-0.3, -0.25) is 19.3 Å². The fraction of sp³-hybridized carbons (Fsp3) is 0.471. The van der Waals surface area contributed by atoms with Crippen LogP contribution in [0.5, 0.6) is 0 Å². The number of anilines is 1. The van der Waals surface area contributed by atoms with Crippen LogP contribution in [0.3, 0.4) is 0 Å². The van der Waals surface area contributed by atoms with Crippen LogP contribution in [0, 0.1) is 5.82 Å².